The number of hydrogen-bond acceptors (Lipinski definition) is 4. The highest BCUT2D eigenvalue weighted by atomic mass is 32.2. The summed E-state index contributed by atoms with van der Waals surface area (Å²) >= 11 is 1.73. The van der Waals surface area contributed by atoms with Crippen LogP contribution in [0.1, 0.15) is 0 Å². The minimum atomic E-state index is 0.664. The molecule has 0 spiro atoms. The van der Waals surface area contributed by atoms with Gasteiger partial charge in [-0.1, -0.05) is 6.07 Å². The largest absolute Gasteiger partial charge is 0.383 e. The summed E-state index contributed by atoms with van der Waals surface area (Å²) in [7, 11) is 1.69. The number of methoxy groups -OCH3 is 1. The van der Waals surface area contributed by atoms with Crippen molar-refractivity contribution in [2.45, 2.75) is 4.90 Å². The predicted molar refractivity (Wildman–Crippen MR) is 75.7 cm³/mol. The number of imidazole rings is 1. The van der Waals surface area contributed by atoms with Gasteiger partial charge in [0.15, 0.2) is 0 Å². The quantitative estimate of drug-likeness (QED) is 0.642. The second-order valence-corrected chi connectivity index (χ2v) is 4.62. The first-order chi connectivity index (χ1) is 8.85. The van der Waals surface area contributed by atoms with E-state index < -0.39 is 0 Å². The van der Waals surface area contributed by atoms with Gasteiger partial charge in [0.05, 0.1) is 6.61 Å². The van der Waals surface area contributed by atoms with Gasteiger partial charge in [-0.05, 0) is 24.5 Å². The van der Waals surface area contributed by atoms with Crippen molar-refractivity contribution < 1.29 is 4.74 Å². The van der Waals surface area contributed by atoms with Crippen LogP contribution in [-0.2, 0) is 4.74 Å². The second-order valence-electron chi connectivity index (χ2n) is 3.74. The summed E-state index contributed by atoms with van der Waals surface area (Å²) in [5, 5.41) is 3.25. The zero-order chi connectivity index (χ0) is 12.8. The molecule has 2 aromatic rings. The van der Waals surface area contributed by atoms with Crippen molar-refractivity contribution in [1.29, 1.82) is 0 Å². The lowest BCUT2D eigenvalue weighted by Gasteiger charge is -2.10. The number of nitrogens with zero attached hydrogens (tertiary/aromatic N) is 2. The molecule has 0 aliphatic rings. The Morgan fingerprint density at radius 3 is 3.11 bits per heavy atom. The van der Waals surface area contributed by atoms with Gasteiger partial charge in [-0.2, -0.15) is 0 Å². The van der Waals surface area contributed by atoms with Crippen LogP contribution in [0.25, 0.3) is 5.69 Å². The Hall–Kier alpha value is -1.46. The topological polar surface area (TPSA) is 39.1 Å². The zero-order valence-electron chi connectivity index (χ0n) is 10.6. The van der Waals surface area contributed by atoms with Crippen LogP contribution in [0.15, 0.2) is 41.6 Å². The second kappa shape index (κ2) is 6.47. The fourth-order valence-corrected chi connectivity index (χ4v) is 2.12. The Kier molecular flexibility index (Phi) is 4.66. The van der Waals surface area contributed by atoms with Crippen LogP contribution in [0.4, 0.5) is 5.95 Å². The van der Waals surface area contributed by atoms with E-state index in [1.807, 2.05) is 10.8 Å². The molecule has 0 saturated heterocycles. The molecule has 0 bridgehead atoms. The van der Waals surface area contributed by atoms with E-state index in [0.29, 0.717) is 6.61 Å². The first kappa shape index (κ1) is 13.0. The van der Waals surface area contributed by atoms with Gasteiger partial charge in [-0.3, -0.25) is 4.57 Å². The van der Waals surface area contributed by atoms with Crippen molar-refractivity contribution >= 4 is 17.7 Å². The van der Waals surface area contributed by atoms with Crippen molar-refractivity contribution in [2.24, 2.45) is 0 Å². The van der Waals surface area contributed by atoms with Gasteiger partial charge < -0.3 is 10.1 Å². The Balaban J connectivity index is 2.19. The highest BCUT2D eigenvalue weighted by molar-refractivity contribution is 7.98. The molecule has 4 nitrogen and oxygen atoms in total. The number of nitrogens with one attached hydrogen (secondary N) is 1. The Morgan fingerprint density at radius 2 is 2.33 bits per heavy atom. The van der Waals surface area contributed by atoms with Crippen LogP contribution in [0.5, 0.6) is 0 Å². The van der Waals surface area contributed by atoms with Gasteiger partial charge in [-0.15, -0.1) is 11.8 Å². The number of hydrogen-bond donors (Lipinski definition) is 1. The van der Waals surface area contributed by atoms with E-state index in [2.05, 4.69) is 40.8 Å². The maximum absolute atomic E-state index is 5.02. The van der Waals surface area contributed by atoms with Crippen molar-refractivity contribution in [1.82, 2.24) is 9.55 Å². The van der Waals surface area contributed by atoms with Crippen LogP contribution >= 0.6 is 11.8 Å². The number of ether oxygens (including phenoxy) is 1. The minimum absolute atomic E-state index is 0.664. The van der Waals surface area contributed by atoms with Crippen molar-refractivity contribution in [3.8, 4) is 5.69 Å². The van der Waals surface area contributed by atoms with Gasteiger partial charge in [0.25, 0.3) is 0 Å². The zero-order valence-corrected chi connectivity index (χ0v) is 11.4. The van der Waals surface area contributed by atoms with Crippen LogP contribution in [0.3, 0.4) is 0 Å². The highest BCUT2D eigenvalue weighted by Gasteiger charge is 2.04. The number of aromatic nitrogens is 2. The fourth-order valence-electron chi connectivity index (χ4n) is 1.67. The maximum atomic E-state index is 5.02. The highest BCUT2D eigenvalue weighted by Crippen LogP contribution is 2.20. The molecule has 1 N–H and O–H groups in total. The lowest BCUT2D eigenvalue weighted by atomic mass is 10.3. The third-order valence-corrected chi connectivity index (χ3v) is 3.29. The van der Waals surface area contributed by atoms with E-state index in [9.17, 15) is 0 Å². The molecule has 1 aromatic carbocycles. The third kappa shape index (κ3) is 3.05. The molecule has 1 heterocycles. The molecule has 0 atom stereocenters. The summed E-state index contributed by atoms with van der Waals surface area (Å²) in [6, 6.07) is 8.37. The maximum Gasteiger partial charge on any atom is 0.207 e. The fraction of sp³-hybridized carbons (Fsp3) is 0.308. The van der Waals surface area contributed by atoms with Crippen LogP contribution < -0.4 is 5.32 Å². The SMILES string of the molecule is COCCNc1nccn1-c1cccc(SC)c1. The summed E-state index contributed by atoms with van der Waals surface area (Å²) in [5.74, 6) is 0.838. The normalized spacial score (nSPS) is 10.6. The smallest absolute Gasteiger partial charge is 0.207 e. The standard InChI is InChI=1S/C13H17N3OS/c1-17-9-7-15-13-14-6-8-16(13)11-4-3-5-12(10-11)18-2/h3-6,8,10H,7,9H2,1-2H3,(H,14,15). The molecule has 0 saturated carbocycles. The Morgan fingerprint density at radius 1 is 1.44 bits per heavy atom. The number of rotatable bonds is 6. The molecule has 96 valence electrons. The summed E-state index contributed by atoms with van der Waals surface area (Å²) < 4.78 is 7.06. The molecule has 2 rings (SSSR count). The lowest BCUT2D eigenvalue weighted by Crippen LogP contribution is -2.11. The van der Waals surface area contributed by atoms with E-state index in [1.165, 1.54) is 4.90 Å². The Labute approximate surface area is 111 Å². The van der Waals surface area contributed by atoms with Crippen molar-refractivity contribution in [2.75, 3.05) is 31.8 Å². The predicted octanol–water partition coefficient (Wildman–Crippen LogP) is 2.65. The van der Waals surface area contributed by atoms with Gasteiger partial charge in [0.2, 0.25) is 5.95 Å². The van der Waals surface area contributed by atoms with Crippen LogP contribution in [-0.4, -0.2) is 36.1 Å². The lowest BCUT2D eigenvalue weighted by molar-refractivity contribution is 0.210. The molecule has 0 fully saturated rings. The van der Waals surface area contributed by atoms with Crippen molar-refractivity contribution in [3.63, 3.8) is 0 Å². The number of benzene rings is 1. The van der Waals surface area contributed by atoms with Crippen molar-refractivity contribution in [3.05, 3.63) is 36.7 Å². The van der Waals surface area contributed by atoms with Gasteiger partial charge >= 0.3 is 0 Å². The molecule has 18 heavy (non-hydrogen) atoms. The monoisotopic (exact) mass is 263 g/mol. The molecule has 0 amide bonds. The first-order valence-corrected chi connectivity index (χ1v) is 6.98. The van der Waals surface area contributed by atoms with Crippen LogP contribution in [0.2, 0.25) is 0 Å². The molecule has 5 heteroatoms. The average Bonchev–Trinajstić information content (AvgIpc) is 2.87. The van der Waals surface area contributed by atoms with Gasteiger partial charge in [-0.25, -0.2) is 4.98 Å². The van der Waals surface area contributed by atoms with Gasteiger partial charge in [0.1, 0.15) is 0 Å². The van der Waals surface area contributed by atoms with Crippen LogP contribution in [0, 0.1) is 0 Å². The molecule has 0 radical (unpaired) electrons. The van der Waals surface area contributed by atoms with E-state index in [-0.39, 0.29) is 0 Å². The molecular formula is C13H17N3OS. The summed E-state index contributed by atoms with van der Waals surface area (Å²) in [5.41, 5.74) is 1.11. The Bertz CT molecular complexity index is 498. The molecule has 0 unspecified atom stereocenters. The number of anilines is 1. The van der Waals surface area contributed by atoms with E-state index in [0.717, 1.165) is 18.2 Å². The molecule has 0 aliphatic heterocycles. The average molecular weight is 263 g/mol. The summed E-state index contributed by atoms with van der Waals surface area (Å²) in [6.07, 6.45) is 5.82. The third-order valence-electron chi connectivity index (χ3n) is 2.56. The molecule has 0 aliphatic carbocycles. The van der Waals surface area contributed by atoms with E-state index >= 15 is 0 Å². The molecular weight excluding hydrogens is 246 g/mol. The first-order valence-electron chi connectivity index (χ1n) is 5.75. The van der Waals surface area contributed by atoms with E-state index in [4.69, 9.17) is 4.74 Å². The number of thioether (sulfide) groups is 1. The minimum Gasteiger partial charge on any atom is -0.383 e. The van der Waals surface area contributed by atoms with Gasteiger partial charge in [0, 0.05) is 36.6 Å². The molecule has 1 aromatic heterocycles. The summed E-state index contributed by atoms with van der Waals surface area (Å²) in [6.45, 7) is 1.41. The van der Waals surface area contributed by atoms with E-state index in [1.54, 1.807) is 25.1 Å². The summed E-state index contributed by atoms with van der Waals surface area (Å²) in [4.78, 5) is 5.55.